The lowest BCUT2D eigenvalue weighted by Gasteiger charge is -2.16. The maximum Gasteiger partial charge on any atom is 0.314 e. The second kappa shape index (κ2) is 9.39. The largest absolute Gasteiger partial charge is 0.380 e. The molecule has 1 atom stereocenters. The van der Waals surface area contributed by atoms with E-state index in [9.17, 15) is 4.79 Å². The SMILES string of the molecule is CCOCCNC(=O)NCC(CC)c1ccccc1. The van der Waals surface area contributed by atoms with Crippen LogP contribution in [0.3, 0.4) is 0 Å². The van der Waals surface area contributed by atoms with Gasteiger partial charge in [-0.05, 0) is 18.9 Å². The molecule has 0 aliphatic heterocycles. The lowest BCUT2D eigenvalue weighted by Crippen LogP contribution is -2.39. The summed E-state index contributed by atoms with van der Waals surface area (Å²) in [6, 6.07) is 10.1. The van der Waals surface area contributed by atoms with Crippen LogP contribution in [0.4, 0.5) is 4.79 Å². The molecular weight excluding hydrogens is 240 g/mol. The first-order valence-electron chi connectivity index (χ1n) is 6.92. The van der Waals surface area contributed by atoms with Gasteiger partial charge in [-0.2, -0.15) is 0 Å². The molecule has 1 unspecified atom stereocenters. The van der Waals surface area contributed by atoms with Gasteiger partial charge in [0, 0.05) is 25.6 Å². The monoisotopic (exact) mass is 264 g/mol. The lowest BCUT2D eigenvalue weighted by molar-refractivity contribution is 0.149. The number of urea groups is 1. The van der Waals surface area contributed by atoms with Crippen molar-refractivity contribution >= 4 is 6.03 Å². The third kappa shape index (κ3) is 6.25. The van der Waals surface area contributed by atoms with Gasteiger partial charge in [0.05, 0.1) is 6.61 Å². The summed E-state index contributed by atoms with van der Waals surface area (Å²) in [6.07, 6.45) is 1.00. The molecule has 106 valence electrons. The summed E-state index contributed by atoms with van der Waals surface area (Å²) >= 11 is 0. The van der Waals surface area contributed by atoms with Crippen molar-refractivity contribution in [2.24, 2.45) is 0 Å². The van der Waals surface area contributed by atoms with Crippen LogP contribution in [-0.2, 0) is 4.74 Å². The number of hydrogen-bond acceptors (Lipinski definition) is 2. The Labute approximate surface area is 115 Å². The van der Waals surface area contributed by atoms with Crippen LogP contribution < -0.4 is 10.6 Å². The van der Waals surface area contributed by atoms with E-state index in [1.165, 1.54) is 5.56 Å². The van der Waals surface area contributed by atoms with Crippen molar-refractivity contribution in [3.63, 3.8) is 0 Å². The lowest BCUT2D eigenvalue weighted by atomic mass is 9.97. The first kappa shape index (κ1) is 15.5. The Morgan fingerprint density at radius 3 is 2.58 bits per heavy atom. The van der Waals surface area contributed by atoms with Crippen LogP contribution in [-0.4, -0.2) is 32.3 Å². The van der Waals surface area contributed by atoms with Crippen molar-refractivity contribution in [1.29, 1.82) is 0 Å². The molecule has 2 N–H and O–H groups in total. The average Bonchev–Trinajstić information content (AvgIpc) is 2.45. The molecule has 0 aliphatic carbocycles. The molecule has 0 fully saturated rings. The molecule has 19 heavy (non-hydrogen) atoms. The minimum atomic E-state index is -0.130. The highest BCUT2D eigenvalue weighted by Crippen LogP contribution is 2.17. The Hall–Kier alpha value is -1.55. The molecule has 1 aromatic carbocycles. The molecule has 0 saturated carbocycles. The third-order valence-electron chi connectivity index (χ3n) is 3.01. The van der Waals surface area contributed by atoms with Gasteiger partial charge in [-0.15, -0.1) is 0 Å². The standard InChI is InChI=1S/C15H24N2O2/c1-3-13(14-8-6-5-7-9-14)12-17-15(18)16-10-11-19-4-2/h5-9,13H,3-4,10-12H2,1-2H3,(H2,16,17,18). The van der Waals surface area contributed by atoms with Gasteiger partial charge in [-0.25, -0.2) is 4.79 Å². The van der Waals surface area contributed by atoms with Gasteiger partial charge in [-0.1, -0.05) is 37.3 Å². The van der Waals surface area contributed by atoms with E-state index in [1.54, 1.807) is 0 Å². The van der Waals surface area contributed by atoms with Gasteiger partial charge in [0.25, 0.3) is 0 Å². The summed E-state index contributed by atoms with van der Waals surface area (Å²) in [4.78, 5) is 11.6. The van der Waals surface area contributed by atoms with Gasteiger partial charge >= 0.3 is 6.03 Å². The van der Waals surface area contributed by atoms with Crippen molar-refractivity contribution in [3.05, 3.63) is 35.9 Å². The maximum absolute atomic E-state index is 11.6. The summed E-state index contributed by atoms with van der Waals surface area (Å²) in [5.41, 5.74) is 1.26. The predicted octanol–water partition coefficient (Wildman–Crippen LogP) is 2.52. The van der Waals surface area contributed by atoms with Gasteiger partial charge in [0.2, 0.25) is 0 Å². The van der Waals surface area contributed by atoms with Crippen LogP contribution in [0.15, 0.2) is 30.3 Å². The number of carbonyl (C=O) groups excluding carboxylic acids is 1. The van der Waals surface area contributed by atoms with E-state index in [1.807, 2.05) is 25.1 Å². The Bertz CT molecular complexity index is 354. The summed E-state index contributed by atoms with van der Waals surface area (Å²) in [5, 5.41) is 5.68. The quantitative estimate of drug-likeness (QED) is 0.709. The van der Waals surface area contributed by atoms with E-state index in [0.717, 1.165) is 6.42 Å². The molecule has 0 saturated heterocycles. The van der Waals surface area contributed by atoms with Crippen molar-refractivity contribution in [2.75, 3.05) is 26.3 Å². The molecule has 1 rings (SSSR count). The van der Waals surface area contributed by atoms with Crippen LogP contribution in [0.2, 0.25) is 0 Å². The molecule has 4 heteroatoms. The first-order chi connectivity index (χ1) is 9.27. The van der Waals surface area contributed by atoms with Crippen LogP contribution in [0, 0.1) is 0 Å². The van der Waals surface area contributed by atoms with Gasteiger partial charge < -0.3 is 15.4 Å². The molecule has 0 bridgehead atoms. The number of amides is 2. The topological polar surface area (TPSA) is 50.4 Å². The Balaban J connectivity index is 2.28. The second-order valence-corrected chi connectivity index (χ2v) is 4.35. The van der Waals surface area contributed by atoms with Crippen LogP contribution >= 0.6 is 0 Å². The fourth-order valence-electron chi connectivity index (χ4n) is 1.88. The number of carbonyl (C=O) groups is 1. The van der Waals surface area contributed by atoms with E-state index in [0.29, 0.717) is 32.2 Å². The summed E-state index contributed by atoms with van der Waals surface area (Å²) < 4.78 is 5.16. The summed E-state index contributed by atoms with van der Waals surface area (Å²) in [5.74, 6) is 0.360. The van der Waals surface area contributed by atoms with Crippen LogP contribution in [0.1, 0.15) is 31.7 Å². The van der Waals surface area contributed by atoms with Crippen LogP contribution in [0.5, 0.6) is 0 Å². The fraction of sp³-hybridized carbons (Fsp3) is 0.533. The molecular formula is C15H24N2O2. The predicted molar refractivity (Wildman–Crippen MR) is 77.4 cm³/mol. The van der Waals surface area contributed by atoms with Gasteiger partial charge in [0.15, 0.2) is 0 Å². The zero-order valence-electron chi connectivity index (χ0n) is 11.8. The first-order valence-corrected chi connectivity index (χ1v) is 6.92. The number of benzene rings is 1. The van der Waals surface area contributed by atoms with Gasteiger partial charge in [-0.3, -0.25) is 0 Å². The van der Waals surface area contributed by atoms with E-state index in [-0.39, 0.29) is 6.03 Å². The molecule has 1 aromatic rings. The minimum absolute atomic E-state index is 0.130. The van der Waals surface area contributed by atoms with E-state index in [4.69, 9.17) is 4.74 Å². The third-order valence-corrected chi connectivity index (χ3v) is 3.01. The number of ether oxygens (including phenoxy) is 1. The highest BCUT2D eigenvalue weighted by molar-refractivity contribution is 5.73. The zero-order chi connectivity index (χ0) is 13.9. The summed E-state index contributed by atoms with van der Waals surface area (Å²) in [6.45, 7) is 6.50. The highest BCUT2D eigenvalue weighted by Gasteiger charge is 2.10. The van der Waals surface area contributed by atoms with Crippen LogP contribution in [0.25, 0.3) is 0 Å². The molecule has 0 aliphatic rings. The average molecular weight is 264 g/mol. The van der Waals surface area contributed by atoms with Crippen molar-refractivity contribution < 1.29 is 9.53 Å². The summed E-state index contributed by atoms with van der Waals surface area (Å²) in [7, 11) is 0. The van der Waals surface area contributed by atoms with E-state index in [2.05, 4.69) is 29.7 Å². The molecule has 0 radical (unpaired) electrons. The Kier molecular flexibility index (Phi) is 7.66. The highest BCUT2D eigenvalue weighted by atomic mass is 16.5. The molecule has 4 nitrogen and oxygen atoms in total. The zero-order valence-corrected chi connectivity index (χ0v) is 11.8. The molecule has 2 amide bonds. The van der Waals surface area contributed by atoms with E-state index >= 15 is 0 Å². The Morgan fingerprint density at radius 2 is 1.95 bits per heavy atom. The number of rotatable bonds is 8. The number of hydrogen-bond donors (Lipinski definition) is 2. The van der Waals surface area contributed by atoms with E-state index < -0.39 is 0 Å². The minimum Gasteiger partial charge on any atom is -0.380 e. The molecule has 0 spiro atoms. The fourth-order valence-corrected chi connectivity index (χ4v) is 1.88. The van der Waals surface area contributed by atoms with Gasteiger partial charge in [0.1, 0.15) is 0 Å². The van der Waals surface area contributed by atoms with Crippen molar-refractivity contribution in [1.82, 2.24) is 10.6 Å². The Morgan fingerprint density at radius 1 is 1.21 bits per heavy atom. The number of nitrogens with one attached hydrogen (secondary N) is 2. The normalized spacial score (nSPS) is 11.9. The van der Waals surface area contributed by atoms with Crippen molar-refractivity contribution in [3.8, 4) is 0 Å². The maximum atomic E-state index is 11.6. The van der Waals surface area contributed by atoms with Crippen molar-refractivity contribution in [2.45, 2.75) is 26.2 Å². The second-order valence-electron chi connectivity index (χ2n) is 4.35. The molecule has 0 aromatic heterocycles. The molecule has 0 heterocycles. The smallest absolute Gasteiger partial charge is 0.314 e.